The predicted molar refractivity (Wildman–Crippen MR) is 65.6 cm³/mol. The fraction of sp³-hybridized carbons (Fsp3) is 0.400. The minimum absolute atomic E-state index is 0.000509. The zero-order valence-corrected chi connectivity index (χ0v) is 10.7. The van der Waals surface area contributed by atoms with Crippen LogP contribution in [0.25, 0.3) is 0 Å². The molecule has 0 fully saturated rings. The van der Waals surface area contributed by atoms with Crippen LogP contribution in [-0.2, 0) is 0 Å². The van der Waals surface area contributed by atoms with Crippen molar-refractivity contribution in [3.8, 4) is 0 Å². The van der Waals surface area contributed by atoms with Crippen molar-refractivity contribution in [3.63, 3.8) is 0 Å². The van der Waals surface area contributed by atoms with Crippen molar-refractivity contribution in [2.45, 2.75) is 29.5 Å². The minimum atomic E-state index is -0.000509. The SMILES string of the molecule is Cc1ccc(C(Sc2nncs2)C(C)N)o1. The maximum absolute atomic E-state index is 5.97. The quantitative estimate of drug-likeness (QED) is 0.851. The number of furan rings is 1. The average molecular weight is 255 g/mol. The molecule has 2 heterocycles. The molecule has 0 aromatic carbocycles. The van der Waals surface area contributed by atoms with Crippen LogP contribution in [0.4, 0.5) is 0 Å². The Kier molecular flexibility index (Phi) is 3.63. The maximum Gasteiger partial charge on any atom is 0.174 e. The van der Waals surface area contributed by atoms with Crippen molar-refractivity contribution in [2.75, 3.05) is 0 Å². The molecule has 2 rings (SSSR count). The van der Waals surface area contributed by atoms with Crippen LogP contribution >= 0.6 is 23.1 Å². The number of thioether (sulfide) groups is 1. The molecule has 86 valence electrons. The highest BCUT2D eigenvalue weighted by atomic mass is 32.2. The molecular formula is C10H13N3OS2. The van der Waals surface area contributed by atoms with Crippen LogP contribution in [0.15, 0.2) is 26.4 Å². The summed E-state index contributed by atoms with van der Waals surface area (Å²) >= 11 is 3.11. The molecule has 0 spiro atoms. The van der Waals surface area contributed by atoms with E-state index < -0.39 is 0 Å². The number of aryl methyl sites for hydroxylation is 1. The van der Waals surface area contributed by atoms with Gasteiger partial charge in [0.25, 0.3) is 0 Å². The van der Waals surface area contributed by atoms with Crippen LogP contribution in [-0.4, -0.2) is 16.2 Å². The van der Waals surface area contributed by atoms with E-state index >= 15 is 0 Å². The Morgan fingerprint density at radius 1 is 1.50 bits per heavy atom. The Morgan fingerprint density at radius 2 is 2.31 bits per heavy atom. The van der Waals surface area contributed by atoms with Gasteiger partial charge in [0.05, 0.1) is 5.25 Å². The number of hydrogen-bond donors (Lipinski definition) is 1. The third-order valence-electron chi connectivity index (χ3n) is 2.09. The molecule has 0 radical (unpaired) electrons. The largest absolute Gasteiger partial charge is 0.465 e. The summed E-state index contributed by atoms with van der Waals surface area (Å²) in [4.78, 5) is 0. The van der Waals surface area contributed by atoms with E-state index in [4.69, 9.17) is 10.2 Å². The predicted octanol–water partition coefficient (Wildman–Crippen LogP) is 2.62. The van der Waals surface area contributed by atoms with Gasteiger partial charge in [0.2, 0.25) is 0 Å². The molecule has 16 heavy (non-hydrogen) atoms. The number of rotatable bonds is 4. The molecule has 0 aliphatic carbocycles. The maximum atomic E-state index is 5.97. The zero-order valence-electron chi connectivity index (χ0n) is 9.08. The summed E-state index contributed by atoms with van der Waals surface area (Å²) in [6, 6.07) is 3.92. The molecule has 0 aliphatic heterocycles. The molecule has 0 aliphatic rings. The molecule has 2 aromatic rings. The van der Waals surface area contributed by atoms with Crippen LogP contribution in [0.5, 0.6) is 0 Å². The van der Waals surface area contributed by atoms with Crippen LogP contribution < -0.4 is 5.73 Å². The first-order valence-corrected chi connectivity index (χ1v) is 6.67. The Morgan fingerprint density at radius 3 is 2.81 bits per heavy atom. The lowest BCUT2D eigenvalue weighted by molar-refractivity contribution is 0.464. The first kappa shape index (κ1) is 11.6. The summed E-state index contributed by atoms with van der Waals surface area (Å²) in [6.07, 6.45) is 0. The van der Waals surface area contributed by atoms with E-state index in [2.05, 4.69) is 10.2 Å². The van der Waals surface area contributed by atoms with Gasteiger partial charge in [-0.1, -0.05) is 23.1 Å². The van der Waals surface area contributed by atoms with Crippen molar-refractivity contribution in [3.05, 3.63) is 29.2 Å². The highest BCUT2D eigenvalue weighted by Gasteiger charge is 2.22. The Bertz CT molecular complexity index is 439. The molecule has 0 amide bonds. The van der Waals surface area contributed by atoms with Crippen LogP contribution in [0.2, 0.25) is 0 Å². The van der Waals surface area contributed by atoms with Gasteiger partial charge in [0.15, 0.2) is 4.34 Å². The molecular weight excluding hydrogens is 242 g/mol. The number of aromatic nitrogens is 2. The van der Waals surface area contributed by atoms with E-state index in [1.54, 1.807) is 17.3 Å². The number of hydrogen-bond acceptors (Lipinski definition) is 6. The van der Waals surface area contributed by atoms with E-state index in [9.17, 15) is 0 Å². The third-order valence-corrected chi connectivity index (χ3v) is 4.35. The van der Waals surface area contributed by atoms with Gasteiger partial charge in [-0.25, -0.2) is 0 Å². The summed E-state index contributed by atoms with van der Waals surface area (Å²) in [6.45, 7) is 3.90. The first-order chi connectivity index (χ1) is 7.66. The van der Waals surface area contributed by atoms with Gasteiger partial charge in [0, 0.05) is 6.04 Å². The van der Waals surface area contributed by atoms with Crippen LogP contribution in [0.1, 0.15) is 23.7 Å². The van der Waals surface area contributed by atoms with Crippen molar-refractivity contribution in [1.29, 1.82) is 0 Å². The lowest BCUT2D eigenvalue weighted by atomic mass is 10.2. The third kappa shape index (κ3) is 2.63. The topological polar surface area (TPSA) is 64.9 Å². The normalized spacial score (nSPS) is 14.9. The van der Waals surface area contributed by atoms with Gasteiger partial charge in [-0.2, -0.15) is 0 Å². The summed E-state index contributed by atoms with van der Waals surface area (Å²) in [5.74, 6) is 1.80. The van der Waals surface area contributed by atoms with Gasteiger partial charge >= 0.3 is 0 Å². The van der Waals surface area contributed by atoms with Gasteiger partial charge in [-0.3, -0.25) is 0 Å². The summed E-state index contributed by atoms with van der Waals surface area (Å²) < 4.78 is 6.52. The van der Waals surface area contributed by atoms with Crippen LogP contribution in [0.3, 0.4) is 0 Å². The number of nitrogens with zero attached hydrogens (tertiary/aromatic N) is 2. The Hall–Kier alpha value is -0.850. The van der Waals surface area contributed by atoms with Gasteiger partial charge < -0.3 is 10.2 Å². The highest BCUT2D eigenvalue weighted by Crippen LogP contribution is 2.38. The van der Waals surface area contributed by atoms with E-state index in [1.807, 2.05) is 26.0 Å². The first-order valence-electron chi connectivity index (χ1n) is 4.91. The van der Waals surface area contributed by atoms with E-state index in [0.29, 0.717) is 0 Å². The molecule has 4 nitrogen and oxygen atoms in total. The molecule has 2 N–H and O–H groups in total. The molecule has 2 unspecified atom stereocenters. The lowest BCUT2D eigenvalue weighted by Gasteiger charge is -2.16. The van der Waals surface area contributed by atoms with Crippen molar-refractivity contribution < 1.29 is 4.42 Å². The smallest absolute Gasteiger partial charge is 0.174 e. The number of nitrogens with two attached hydrogens (primary N) is 1. The summed E-state index contributed by atoms with van der Waals surface area (Å²) in [5, 5.41) is 7.90. The molecule has 0 saturated carbocycles. The Labute approximate surface area is 102 Å². The summed E-state index contributed by atoms with van der Waals surface area (Å²) in [7, 11) is 0. The second-order valence-electron chi connectivity index (χ2n) is 3.55. The van der Waals surface area contributed by atoms with E-state index in [1.165, 1.54) is 11.3 Å². The monoisotopic (exact) mass is 255 g/mol. The van der Waals surface area contributed by atoms with Crippen molar-refractivity contribution >= 4 is 23.1 Å². The average Bonchev–Trinajstić information content (AvgIpc) is 2.84. The fourth-order valence-electron chi connectivity index (χ4n) is 1.35. The van der Waals surface area contributed by atoms with Gasteiger partial charge in [-0.15, -0.1) is 10.2 Å². The van der Waals surface area contributed by atoms with E-state index in [0.717, 1.165) is 15.9 Å². The molecule has 6 heteroatoms. The summed E-state index contributed by atoms with van der Waals surface area (Å²) in [5.41, 5.74) is 7.69. The standard InChI is InChI=1S/C10H13N3OS2/c1-6-3-4-8(14-6)9(7(2)11)16-10-13-12-5-15-10/h3-5,7,9H,11H2,1-2H3. The second kappa shape index (κ2) is 4.99. The van der Waals surface area contributed by atoms with Crippen molar-refractivity contribution in [1.82, 2.24) is 10.2 Å². The molecule has 0 bridgehead atoms. The van der Waals surface area contributed by atoms with Crippen molar-refractivity contribution in [2.24, 2.45) is 5.73 Å². The van der Waals surface area contributed by atoms with Gasteiger partial charge in [-0.05, 0) is 26.0 Å². The molecule has 2 aromatic heterocycles. The Balaban J connectivity index is 2.18. The van der Waals surface area contributed by atoms with E-state index in [-0.39, 0.29) is 11.3 Å². The lowest BCUT2D eigenvalue weighted by Crippen LogP contribution is -2.22. The highest BCUT2D eigenvalue weighted by molar-refractivity contribution is 8.01. The fourth-order valence-corrected chi connectivity index (χ4v) is 3.06. The van der Waals surface area contributed by atoms with Gasteiger partial charge in [0.1, 0.15) is 17.0 Å². The molecule has 0 saturated heterocycles. The van der Waals surface area contributed by atoms with Crippen LogP contribution in [0, 0.1) is 6.92 Å². The minimum Gasteiger partial charge on any atom is -0.465 e. The zero-order chi connectivity index (χ0) is 11.5. The molecule has 2 atom stereocenters. The second-order valence-corrected chi connectivity index (χ2v) is 5.77.